The van der Waals surface area contributed by atoms with E-state index in [2.05, 4.69) is 0 Å². The van der Waals surface area contributed by atoms with Gasteiger partial charge >= 0.3 is 0 Å². The number of aryl methyl sites for hydroxylation is 1. The van der Waals surface area contributed by atoms with Crippen LogP contribution in [0, 0.1) is 6.92 Å². The fraction of sp³-hybridized carbons (Fsp3) is 0.200. The molecule has 2 rings (SSSR count). The van der Waals surface area contributed by atoms with E-state index in [1.807, 2.05) is 19.1 Å². The highest BCUT2D eigenvalue weighted by molar-refractivity contribution is 6.35. The summed E-state index contributed by atoms with van der Waals surface area (Å²) >= 11 is 18.4. The zero-order chi connectivity index (χ0) is 14.0. The Morgan fingerprint density at radius 2 is 1.84 bits per heavy atom. The van der Waals surface area contributed by atoms with Crippen molar-refractivity contribution in [2.75, 3.05) is 0 Å². The van der Waals surface area contributed by atoms with E-state index >= 15 is 0 Å². The Bertz CT molecular complexity index is 596. The van der Waals surface area contributed by atoms with Crippen LogP contribution >= 0.6 is 34.8 Å². The first-order valence-corrected chi connectivity index (χ1v) is 7.04. The van der Waals surface area contributed by atoms with Crippen LogP contribution in [0.2, 0.25) is 10.0 Å². The van der Waals surface area contributed by atoms with E-state index in [0.717, 1.165) is 16.7 Å². The second kappa shape index (κ2) is 6.04. The number of hydrogen-bond acceptors (Lipinski definition) is 1. The topological polar surface area (TPSA) is 20.2 Å². The Labute approximate surface area is 127 Å². The van der Waals surface area contributed by atoms with E-state index in [-0.39, 0.29) is 11.1 Å². The smallest absolute Gasteiger partial charge is 0.115 e. The average Bonchev–Trinajstić information content (AvgIpc) is 2.32. The van der Waals surface area contributed by atoms with Gasteiger partial charge in [0.15, 0.2) is 0 Å². The molecule has 0 fully saturated rings. The molecule has 0 saturated heterocycles. The third-order valence-corrected chi connectivity index (χ3v) is 3.98. The van der Waals surface area contributed by atoms with E-state index in [0.29, 0.717) is 16.5 Å². The zero-order valence-corrected chi connectivity index (χ0v) is 12.6. The second-order valence-electron chi connectivity index (χ2n) is 4.45. The van der Waals surface area contributed by atoms with Gasteiger partial charge in [0, 0.05) is 10.0 Å². The molecule has 1 atom stereocenters. The summed E-state index contributed by atoms with van der Waals surface area (Å²) in [5, 5.41) is 10.4. The molecule has 0 aliphatic carbocycles. The van der Waals surface area contributed by atoms with Crippen LogP contribution in [0.25, 0.3) is 0 Å². The van der Waals surface area contributed by atoms with Crippen molar-refractivity contribution in [1.82, 2.24) is 0 Å². The van der Waals surface area contributed by atoms with Crippen molar-refractivity contribution in [3.05, 3.63) is 63.1 Å². The molecule has 0 radical (unpaired) electrons. The molecule has 0 saturated carbocycles. The lowest BCUT2D eigenvalue weighted by atomic mass is 10.00. The SMILES string of the molecule is Cc1cc(O)ccc1C(Cl)Cc1ccc(Cl)cc1Cl. The second-order valence-corrected chi connectivity index (χ2v) is 5.82. The van der Waals surface area contributed by atoms with Gasteiger partial charge in [0.25, 0.3) is 0 Å². The molecule has 100 valence electrons. The molecule has 0 amide bonds. The minimum Gasteiger partial charge on any atom is -0.508 e. The first kappa shape index (κ1) is 14.5. The summed E-state index contributed by atoms with van der Waals surface area (Å²) in [5.74, 6) is 0.245. The number of aromatic hydroxyl groups is 1. The number of benzene rings is 2. The van der Waals surface area contributed by atoms with Gasteiger partial charge in [-0.05, 0) is 54.3 Å². The predicted molar refractivity (Wildman–Crippen MR) is 81.6 cm³/mol. The maximum absolute atomic E-state index is 9.40. The van der Waals surface area contributed by atoms with Gasteiger partial charge in [-0.1, -0.05) is 35.3 Å². The maximum atomic E-state index is 9.40. The molecule has 0 spiro atoms. The van der Waals surface area contributed by atoms with Crippen LogP contribution in [0.15, 0.2) is 36.4 Å². The lowest BCUT2D eigenvalue weighted by Crippen LogP contribution is -1.99. The zero-order valence-electron chi connectivity index (χ0n) is 10.3. The molecule has 0 aliphatic rings. The monoisotopic (exact) mass is 314 g/mol. The van der Waals surface area contributed by atoms with E-state index < -0.39 is 0 Å². The first-order chi connectivity index (χ1) is 8.97. The third kappa shape index (κ3) is 3.56. The number of phenols is 1. The average molecular weight is 316 g/mol. The molecule has 0 bridgehead atoms. The van der Waals surface area contributed by atoms with Crippen LogP contribution in [-0.4, -0.2) is 5.11 Å². The van der Waals surface area contributed by atoms with Gasteiger partial charge in [-0.3, -0.25) is 0 Å². The molecular weight excluding hydrogens is 303 g/mol. The fourth-order valence-electron chi connectivity index (χ4n) is 2.00. The van der Waals surface area contributed by atoms with Gasteiger partial charge < -0.3 is 5.11 Å². The number of alkyl halides is 1. The van der Waals surface area contributed by atoms with E-state index in [1.165, 1.54) is 0 Å². The van der Waals surface area contributed by atoms with E-state index in [9.17, 15) is 5.11 Å². The Hall–Kier alpha value is -0.890. The third-order valence-electron chi connectivity index (χ3n) is 3.01. The largest absolute Gasteiger partial charge is 0.508 e. The Kier molecular flexibility index (Phi) is 4.62. The van der Waals surface area contributed by atoms with Crippen LogP contribution in [0.3, 0.4) is 0 Å². The van der Waals surface area contributed by atoms with Crippen molar-refractivity contribution in [2.45, 2.75) is 18.7 Å². The lowest BCUT2D eigenvalue weighted by molar-refractivity contribution is 0.474. The lowest BCUT2D eigenvalue weighted by Gasteiger charge is -2.14. The van der Waals surface area contributed by atoms with Gasteiger partial charge in [-0.15, -0.1) is 11.6 Å². The summed E-state index contributed by atoms with van der Waals surface area (Å²) in [6.07, 6.45) is 0.614. The van der Waals surface area contributed by atoms with Crippen LogP contribution in [-0.2, 0) is 6.42 Å². The van der Waals surface area contributed by atoms with Gasteiger partial charge in [-0.25, -0.2) is 0 Å². The molecule has 1 nitrogen and oxygen atoms in total. The van der Waals surface area contributed by atoms with Gasteiger partial charge in [0.1, 0.15) is 5.75 Å². The molecule has 19 heavy (non-hydrogen) atoms. The highest BCUT2D eigenvalue weighted by Gasteiger charge is 2.14. The Balaban J connectivity index is 2.23. The minimum atomic E-state index is -0.195. The van der Waals surface area contributed by atoms with Crippen molar-refractivity contribution in [2.24, 2.45) is 0 Å². The first-order valence-electron chi connectivity index (χ1n) is 5.85. The van der Waals surface area contributed by atoms with Gasteiger partial charge in [0.05, 0.1) is 5.38 Å². The van der Waals surface area contributed by atoms with Crippen molar-refractivity contribution < 1.29 is 5.11 Å². The fourth-order valence-corrected chi connectivity index (χ4v) is 2.90. The van der Waals surface area contributed by atoms with Crippen LogP contribution in [0.1, 0.15) is 22.1 Å². The van der Waals surface area contributed by atoms with Crippen molar-refractivity contribution >= 4 is 34.8 Å². The van der Waals surface area contributed by atoms with Crippen LogP contribution < -0.4 is 0 Å². The highest BCUT2D eigenvalue weighted by Crippen LogP contribution is 2.32. The normalized spacial score (nSPS) is 12.4. The number of hydrogen-bond donors (Lipinski definition) is 1. The van der Waals surface area contributed by atoms with Crippen molar-refractivity contribution in [3.8, 4) is 5.75 Å². The molecule has 1 unspecified atom stereocenters. The van der Waals surface area contributed by atoms with Gasteiger partial charge in [-0.2, -0.15) is 0 Å². The number of phenolic OH excluding ortho intramolecular Hbond substituents is 1. The molecule has 2 aromatic rings. The summed E-state index contributed by atoms with van der Waals surface area (Å²) < 4.78 is 0. The molecule has 0 heterocycles. The Morgan fingerprint density at radius 1 is 1.11 bits per heavy atom. The maximum Gasteiger partial charge on any atom is 0.115 e. The van der Waals surface area contributed by atoms with E-state index in [4.69, 9.17) is 34.8 Å². The van der Waals surface area contributed by atoms with Gasteiger partial charge in [0.2, 0.25) is 0 Å². The summed E-state index contributed by atoms with van der Waals surface area (Å²) in [7, 11) is 0. The quantitative estimate of drug-likeness (QED) is 0.738. The van der Waals surface area contributed by atoms with Crippen molar-refractivity contribution in [1.29, 1.82) is 0 Å². The molecular formula is C15H13Cl3O. The molecule has 2 aromatic carbocycles. The summed E-state index contributed by atoms with van der Waals surface area (Å²) in [5.41, 5.74) is 2.91. The van der Waals surface area contributed by atoms with Crippen LogP contribution in [0.5, 0.6) is 5.75 Å². The predicted octanol–water partition coefficient (Wildman–Crippen LogP) is 5.53. The molecule has 0 aromatic heterocycles. The summed E-state index contributed by atoms with van der Waals surface area (Å²) in [4.78, 5) is 0. The number of rotatable bonds is 3. The minimum absolute atomic E-state index is 0.195. The van der Waals surface area contributed by atoms with Crippen molar-refractivity contribution in [3.63, 3.8) is 0 Å². The van der Waals surface area contributed by atoms with Crippen LogP contribution in [0.4, 0.5) is 0 Å². The highest BCUT2D eigenvalue weighted by atomic mass is 35.5. The summed E-state index contributed by atoms with van der Waals surface area (Å²) in [6.45, 7) is 1.92. The summed E-state index contributed by atoms with van der Waals surface area (Å²) in [6, 6.07) is 10.6. The molecule has 4 heteroatoms. The standard InChI is InChI=1S/C15H13Cl3O/c1-9-6-12(19)4-5-13(9)15(18)7-10-2-3-11(16)8-14(10)17/h2-6,8,15,19H,7H2,1H3. The molecule has 1 N–H and O–H groups in total. The Morgan fingerprint density at radius 3 is 2.47 bits per heavy atom. The molecule has 0 aliphatic heterocycles. The number of halogens is 3. The van der Waals surface area contributed by atoms with E-state index in [1.54, 1.807) is 24.3 Å².